The molecule has 1 saturated heterocycles. The molecule has 1 aliphatic heterocycles. The van der Waals surface area contributed by atoms with Crippen molar-refractivity contribution in [2.45, 2.75) is 12.8 Å². The van der Waals surface area contributed by atoms with E-state index in [0.717, 1.165) is 25.9 Å². The molecule has 1 unspecified atom stereocenters. The van der Waals surface area contributed by atoms with E-state index in [1.165, 1.54) is 7.11 Å². The van der Waals surface area contributed by atoms with E-state index >= 15 is 0 Å². The number of phenolic OH excluding ortho intramolecular Hbond substituents is 1. The van der Waals surface area contributed by atoms with Crippen molar-refractivity contribution >= 4 is 5.97 Å². The second-order valence-corrected chi connectivity index (χ2v) is 5.10. The van der Waals surface area contributed by atoms with Gasteiger partial charge in [0, 0.05) is 12.5 Å². The zero-order valence-corrected chi connectivity index (χ0v) is 11.7. The number of phenols is 1. The number of hydrogen-bond acceptors (Lipinski definition) is 5. The predicted octanol–water partition coefficient (Wildman–Crippen LogP) is 1.66. The van der Waals surface area contributed by atoms with Crippen molar-refractivity contribution in [3.8, 4) is 11.5 Å². The highest BCUT2D eigenvalue weighted by molar-refractivity contribution is 5.71. The lowest BCUT2D eigenvalue weighted by atomic mass is 9.99. The monoisotopic (exact) mass is 279 g/mol. The quantitative estimate of drug-likeness (QED) is 0.831. The first-order chi connectivity index (χ1) is 9.69. The third-order valence-electron chi connectivity index (χ3n) is 3.52. The maximum atomic E-state index is 11.3. The lowest BCUT2D eigenvalue weighted by molar-refractivity contribution is -0.142. The average Bonchev–Trinajstić information content (AvgIpc) is 2.47. The maximum absolute atomic E-state index is 11.3. The molecular formula is C15H21NO4. The van der Waals surface area contributed by atoms with Crippen LogP contribution in [-0.2, 0) is 9.53 Å². The molecule has 1 aromatic carbocycles. The Labute approximate surface area is 119 Å². The Hall–Kier alpha value is -1.75. The first kappa shape index (κ1) is 14.7. The fourth-order valence-corrected chi connectivity index (χ4v) is 2.46. The zero-order chi connectivity index (χ0) is 14.4. The van der Waals surface area contributed by atoms with Crippen molar-refractivity contribution < 1.29 is 19.4 Å². The molecule has 1 aliphatic rings. The smallest absolute Gasteiger partial charge is 0.319 e. The van der Waals surface area contributed by atoms with Gasteiger partial charge in [0.2, 0.25) is 0 Å². The Bertz CT molecular complexity index is 449. The van der Waals surface area contributed by atoms with Gasteiger partial charge < -0.3 is 14.6 Å². The summed E-state index contributed by atoms with van der Waals surface area (Å²) in [5.74, 6) is 0.840. The second-order valence-electron chi connectivity index (χ2n) is 5.10. The molecule has 2 rings (SSSR count). The van der Waals surface area contributed by atoms with Crippen LogP contribution in [0, 0.1) is 5.92 Å². The summed E-state index contributed by atoms with van der Waals surface area (Å²) in [6, 6.07) is 6.96. The van der Waals surface area contributed by atoms with Crippen LogP contribution in [0.2, 0.25) is 0 Å². The van der Waals surface area contributed by atoms with Crippen molar-refractivity contribution in [2.24, 2.45) is 5.92 Å². The fourth-order valence-electron chi connectivity index (χ4n) is 2.46. The minimum absolute atomic E-state index is 0.162. The number of esters is 1. The van der Waals surface area contributed by atoms with Gasteiger partial charge in [-0.2, -0.15) is 0 Å². The number of ether oxygens (including phenoxy) is 2. The lowest BCUT2D eigenvalue weighted by Gasteiger charge is -2.31. The van der Waals surface area contributed by atoms with Crippen molar-refractivity contribution in [1.29, 1.82) is 0 Å². The van der Waals surface area contributed by atoms with Crippen LogP contribution >= 0.6 is 0 Å². The summed E-state index contributed by atoms with van der Waals surface area (Å²) in [5, 5.41) is 9.65. The van der Waals surface area contributed by atoms with E-state index < -0.39 is 0 Å². The van der Waals surface area contributed by atoms with Gasteiger partial charge in [0.15, 0.2) is 11.5 Å². The first-order valence-corrected chi connectivity index (χ1v) is 6.89. The van der Waals surface area contributed by atoms with E-state index in [-0.39, 0.29) is 11.7 Å². The van der Waals surface area contributed by atoms with Crippen LogP contribution in [0.4, 0.5) is 0 Å². The number of para-hydroxylation sites is 2. The number of benzene rings is 1. The molecular weight excluding hydrogens is 258 g/mol. The van der Waals surface area contributed by atoms with Gasteiger partial charge in [-0.3, -0.25) is 9.69 Å². The molecule has 20 heavy (non-hydrogen) atoms. The second kappa shape index (κ2) is 7.14. The number of piperidine rings is 1. The van der Waals surface area contributed by atoms with E-state index in [0.29, 0.717) is 24.8 Å². The van der Waals surface area contributed by atoms with E-state index in [9.17, 15) is 9.90 Å². The van der Waals surface area contributed by atoms with E-state index in [1.807, 2.05) is 6.07 Å². The van der Waals surface area contributed by atoms with Crippen LogP contribution in [-0.4, -0.2) is 49.3 Å². The molecule has 0 aliphatic carbocycles. The summed E-state index contributed by atoms with van der Waals surface area (Å²) >= 11 is 0. The Balaban J connectivity index is 1.81. The number of nitrogens with zero attached hydrogens (tertiary/aromatic N) is 1. The summed E-state index contributed by atoms with van der Waals surface area (Å²) in [4.78, 5) is 13.4. The molecule has 1 aromatic rings. The van der Waals surface area contributed by atoms with Crippen LogP contribution in [0.5, 0.6) is 11.5 Å². The number of likely N-dealkylation sites (tertiary alicyclic amines) is 1. The molecule has 0 radical (unpaired) electrons. The zero-order valence-electron chi connectivity index (χ0n) is 11.7. The van der Waals surface area contributed by atoms with Gasteiger partial charge in [-0.25, -0.2) is 0 Å². The average molecular weight is 279 g/mol. The summed E-state index contributed by atoms with van der Waals surface area (Å²) in [5.41, 5.74) is 0. The molecule has 5 nitrogen and oxygen atoms in total. The molecule has 5 heteroatoms. The molecule has 0 aromatic heterocycles. The van der Waals surface area contributed by atoms with E-state index in [2.05, 4.69) is 9.64 Å². The van der Waals surface area contributed by atoms with E-state index in [1.54, 1.807) is 18.2 Å². The molecule has 0 amide bonds. The van der Waals surface area contributed by atoms with E-state index in [4.69, 9.17) is 4.74 Å². The molecule has 0 saturated carbocycles. The normalized spacial score (nSPS) is 19.6. The van der Waals surface area contributed by atoms with Crippen molar-refractivity contribution in [1.82, 2.24) is 4.90 Å². The molecule has 1 atom stereocenters. The largest absolute Gasteiger partial charge is 0.504 e. The van der Waals surface area contributed by atoms with Gasteiger partial charge in [-0.1, -0.05) is 12.1 Å². The minimum atomic E-state index is -0.202. The maximum Gasteiger partial charge on any atom is 0.319 e. The molecule has 110 valence electrons. The number of rotatable bonds is 5. The third kappa shape index (κ3) is 4.13. The van der Waals surface area contributed by atoms with Crippen LogP contribution in [0.15, 0.2) is 24.3 Å². The van der Waals surface area contributed by atoms with Crippen LogP contribution < -0.4 is 4.74 Å². The number of methoxy groups -OCH3 is 1. The number of hydrogen-bond donors (Lipinski definition) is 1. The van der Waals surface area contributed by atoms with Gasteiger partial charge in [-0.05, 0) is 31.5 Å². The highest BCUT2D eigenvalue weighted by Crippen LogP contribution is 2.26. The van der Waals surface area contributed by atoms with Crippen molar-refractivity contribution in [3.05, 3.63) is 24.3 Å². The molecule has 0 spiro atoms. The van der Waals surface area contributed by atoms with Crippen molar-refractivity contribution in [3.63, 3.8) is 0 Å². The molecule has 1 heterocycles. The van der Waals surface area contributed by atoms with Crippen LogP contribution in [0.25, 0.3) is 0 Å². The number of aromatic hydroxyl groups is 1. The number of carbonyl (C=O) groups is 1. The molecule has 1 fully saturated rings. The molecule has 1 N–H and O–H groups in total. The standard InChI is InChI=1S/C15H21NO4/c1-19-15(18)10-16-8-4-5-12(9-16)11-20-14-7-3-2-6-13(14)17/h2-3,6-7,12,17H,4-5,8-11H2,1H3. The molecule has 0 bridgehead atoms. The summed E-state index contributed by atoms with van der Waals surface area (Å²) < 4.78 is 10.4. The van der Waals surface area contributed by atoms with Gasteiger partial charge in [0.1, 0.15) is 0 Å². The SMILES string of the molecule is COC(=O)CN1CCCC(COc2ccccc2O)C1. The van der Waals surface area contributed by atoms with Gasteiger partial charge in [0.05, 0.1) is 20.3 Å². The van der Waals surface area contributed by atoms with Gasteiger partial charge in [0.25, 0.3) is 0 Å². The summed E-state index contributed by atoms with van der Waals surface area (Å²) in [6.45, 7) is 2.63. The number of carbonyl (C=O) groups excluding carboxylic acids is 1. The van der Waals surface area contributed by atoms with Crippen LogP contribution in [0.1, 0.15) is 12.8 Å². The lowest BCUT2D eigenvalue weighted by Crippen LogP contribution is -2.40. The first-order valence-electron chi connectivity index (χ1n) is 6.89. The topological polar surface area (TPSA) is 59.0 Å². The van der Waals surface area contributed by atoms with Crippen LogP contribution in [0.3, 0.4) is 0 Å². The summed E-state index contributed by atoms with van der Waals surface area (Å²) in [6.07, 6.45) is 2.12. The fraction of sp³-hybridized carbons (Fsp3) is 0.533. The third-order valence-corrected chi connectivity index (χ3v) is 3.52. The van der Waals surface area contributed by atoms with Gasteiger partial charge in [-0.15, -0.1) is 0 Å². The minimum Gasteiger partial charge on any atom is -0.504 e. The van der Waals surface area contributed by atoms with Crippen molar-refractivity contribution in [2.75, 3.05) is 33.4 Å². The highest BCUT2D eigenvalue weighted by Gasteiger charge is 2.22. The predicted molar refractivity (Wildman–Crippen MR) is 74.8 cm³/mol. The Morgan fingerprint density at radius 1 is 1.45 bits per heavy atom. The highest BCUT2D eigenvalue weighted by atomic mass is 16.5. The van der Waals surface area contributed by atoms with Gasteiger partial charge >= 0.3 is 5.97 Å². The Kier molecular flexibility index (Phi) is 5.24. The Morgan fingerprint density at radius 2 is 2.25 bits per heavy atom. The Morgan fingerprint density at radius 3 is 3.00 bits per heavy atom. The summed E-state index contributed by atoms with van der Waals surface area (Å²) in [7, 11) is 1.41.